The summed E-state index contributed by atoms with van der Waals surface area (Å²) in [6, 6.07) is 0.583. The maximum Gasteiger partial charge on any atom is 0.0619 e. The average molecular weight is 214 g/mol. The zero-order valence-electron chi connectivity index (χ0n) is 9.41. The molecule has 0 spiro atoms. The fourth-order valence-electron chi connectivity index (χ4n) is 2.15. The standard InChI is InChI=1S/C11H22N2O2/c1-2-11(10-15-7-1)12-3-4-13-5-8-14-9-6-13/h11-12H,1-10H2. The van der Waals surface area contributed by atoms with Crippen LogP contribution in [0.15, 0.2) is 0 Å². The first-order valence-electron chi connectivity index (χ1n) is 6.06. The van der Waals surface area contributed by atoms with Gasteiger partial charge in [0.2, 0.25) is 0 Å². The molecule has 0 amide bonds. The summed E-state index contributed by atoms with van der Waals surface area (Å²) in [5, 5.41) is 3.56. The van der Waals surface area contributed by atoms with Crippen molar-refractivity contribution in [2.45, 2.75) is 18.9 Å². The normalized spacial score (nSPS) is 29.2. The fraction of sp³-hybridized carbons (Fsp3) is 1.00. The minimum atomic E-state index is 0.583. The summed E-state index contributed by atoms with van der Waals surface area (Å²) in [7, 11) is 0. The first-order chi connectivity index (χ1) is 7.45. The first-order valence-corrected chi connectivity index (χ1v) is 6.06. The van der Waals surface area contributed by atoms with Gasteiger partial charge in [0.25, 0.3) is 0 Å². The van der Waals surface area contributed by atoms with E-state index in [1.807, 2.05) is 0 Å². The van der Waals surface area contributed by atoms with Crippen LogP contribution in [-0.4, -0.2) is 63.5 Å². The van der Waals surface area contributed by atoms with Crippen LogP contribution in [0.1, 0.15) is 12.8 Å². The Bertz CT molecular complexity index is 148. The number of hydrogen-bond acceptors (Lipinski definition) is 4. The largest absolute Gasteiger partial charge is 0.380 e. The van der Waals surface area contributed by atoms with Crippen LogP contribution in [0, 0.1) is 0 Å². The predicted molar refractivity (Wildman–Crippen MR) is 59.1 cm³/mol. The third-order valence-electron chi connectivity index (χ3n) is 3.13. The van der Waals surface area contributed by atoms with Gasteiger partial charge in [-0.15, -0.1) is 0 Å². The third-order valence-corrected chi connectivity index (χ3v) is 3.13. The third kappa shape index (κ3) is 4.07. The number of ether oxygens (including phenoxy) is 2. The summed E-state index contributed by atoms with van der Waals surface area (Å²) in [6.45, 7) is 8.02. The Hall–Kier alpha value is -0.160. The predicted octanol–water partition coefficient (Wildman–Crippen LogP) is 0.0872. The van der Waals surface area contributed by atoms with Gasteiger partial charge in [0.05, 0.1) is 19.8 Å². The molecule has 0 aliphatic carbocycles. The molecule has 2 aliphatic heterocycles. The molecule has 0 aromatic heterocycles. The number of nitrogens with zero attached hydrogens (tertiary/aromatic N) is 1. The van der Waals surface area contributed by atoms with E-state index in [2.05, 4.69) is 10.2 Å². The van der Waals surface area contributed by atoms with Gasteiger partial charge in [-0.2, -0.15) is 0 Å². The molecule has 2 saturated heterocycles. The van der Waals surface area contributed by atoms with Gasteiger partial charge in [0.15, 0.2) is 0 Å². The highest BCUT2D eigenvalue weighted by molar-refractivity contribution is 4.71. The van der Waals surface area contributed by atoms with E-state index in [1.165, 1.54) is 12.8 Å². The zero-order chi connectivity index (χ0) is 10.3. The Morgan fingerprint density at radius 2 is 2.00 bits per heavy atom. The van der Waals surface area contributed by atoms with Crippen LogP contribution in [0.3, 0.4) is 0 Å². The molecule has 2 heterocycles. The zero-order valence-corrected chi connectivity index (χ0v) is 9.41. The minimum Gasteiger partial charge on any atom is -0.380 e. The lowest BCUT2D eigenvalue weighted by atomic mass is 10.1. The fourth-order valence-corrected chi connectivity index (χ4v) is 2.15. The maximum absolute atomic E-state index is 5.43. The summed E-state index contributed by atoms with van der Waals surface area (Å²) in [5.41, 5.74) is 0. The van der Waals surface area contributed by atoms with E-state index in [9.17, 15) is 0 Å². The molecule has 4 nitrogen and oxygen atoms in total. The Kier molecular flexibility index (Phi) is 4.86. The summed E-state index contributed by atoms with van der Waals surface area (Å²) in [5.74, 6) is 0. The van der Waals surface area contributed by atoms with Crippen molar-refractivity contribution < 1.29 is 9.47 Å². The molecule has 0 aromatic carbocycles. The summed E-state index contributed by atoms with van der Waals surface area (Å²) < 4.78 is 10.7. The monoisotopic (exact) mass is 214 g/mol. The van der Waals surface area contributed by atoms with Crippen molar-refractivity contribution in [1.29, 1.82) is 0 Å². The second kappa shape index (κ2) is 6.43. The molecule has 2 aliphatic rings. The smallest absolute Gasteiger partial charge is 0.0619 e. The summed E-state index contributed by atoms with van der Waals surface area (Å²) in [4.78, 5) is 2.46. The van der Waals surface area contributed by atoms with Gasteiger partial charge in [0, 0.05) is 38.8 Å². The van der Waals surface area contributed by atoms with Gasteiger partial charge < -0.3 is 14.8 Å². The lowest BCUT2D eigenvalue weighted by Gasteiger charge is -2.28. The number of rotatable bonds is 4. The quantitative estimate of drug-likeness (QED) is 0.719. The summed E-state index contributed by atoms with van der Waals surface area (Å²) in [6.07, 6.45) is 2.47. The molecule has 1 unspecified atom stereocenters. The second-order valence-corrected chi connectivity index (χ2v) is 4.32. The van der Waals surface area contributed by atoms with Crippen molar-refractivity contribution in [3.63, 3.8) is 0 Å². The molecule has 0 radical (unpaired) electrons. The van der Waals surface area contributed by atoms with E-state index in [1.54, 1.807) is 0 Å². The van der Waals surface area contributed by atoms with Gasteiger partial charge in [-0.3, -0.25) is 4.90 Å². The highest BCUT2D eigenvalue weighted by atomic mass is 16.5. The van der Waals surface area contributed by atoms with E-state index in [0.29, 0.717) is 6.04 Å². The lowest BCUT2D eigenvalue weighted by molar-refractivity contribution is 0.0354. The second-order valence-electron chi connectivity index (χ2n) is 4.32. The summed E-state index contributed by atoms with van der Waals surface area (Å²) >= 11 is 0. The number of morpholine rings is 1. The molecule has 88 valence electrons. The highest BCUT2D eigenvalue weighted by Gasteiger charge is 2.14. The molecular weight excluding hydrogens is 192 g/mol. The minimum absolute atomic E-state index is 0.583. The van der Waals surface area contributed by atoms with Crippen molar-refractivity contribution in [1.82, 2.24) is 10.2 Å². The molecule has 0 aromatic rings. The molecule has 0 bridgehead atoms. The highest BCUT2D eigenvalue weighted by Crippen LogP contribution is 2.05. The molecule has 1 N–H and O–H groups in total. The Labute approximate surface area is 91.9 Å². The van der Waals surface area contributed by atoms with Crippen LogP contribution < -0.4 is 5.32 Å². The van der Waals surface area contributed by atoms with E-state index < -0.39 is 0 Å². The van der Waals surface area contributed by atoms with Crippen molar-refractivity contribution in [2.75, 3.05) is 52.6 Å². The van der Waals surface area contributed by atoms with E-state index in [0.717, 1.165) is 52.6 Å². The van der Waals surface area contributed by atoms with E-state index in [4.69, 9.17) is 9.47 Å². The van der Waals surface area contributed by atoms with Crippen molar-refractivity contribution in [2.24, 2.45) is 0 Å². The van der Waals surface area contributed by atoms with Gasteiger partial charge in [-0.1, -0.05) is 0 Å². The van der Waals surface area contributed by atoms with Crippen LogP contribution in [0.4, 0.5) is 0 Å². The first kappa shape index (κ1) is 11.3. The van der Waals surface area contributed by atoms with Crippen LogP contribution in [0.2, 0.25) is 0 Å². The van der Waals surface area contributed by atoms with Gasteiger partial charge in [-0.25, -0.2) is 0 Å². The van der Waals surface area contributed by atoms with Crippen LogP contribution in [-0.2, 0) is 9.47 Å². The molecule has 15 heavy (non-hydrogen) atoms. The van der Waals surface area contributed by atoms with Crippen molar-refractivity contribution in [3.05, 3.63) is 0 Å². The SMILES string of the molecule is C1COCC(NCCN2CCOCC2)C1. The van der Waals surface area contributed by atoms with Crippen LogP contribution in [0.5, 0.6) is 0 Å². The van der Waals surface area contributed by atoms with Crippen LogP contribution in [0.25, 0.3) is 0 Å². The van der Waals surface area contributed by atoms with E-state index >= 15 is 0 Å². The van der Waals surface area contributed by atoms with Crippen LogP contribution >= 0.6 is 0 Å². The molecular formula is C11H22N2O2. The molecule has 2 rings (SSSR count). The Balaban J connectivity index is 1.53. The Morgan fingerprint density at radius 1 is 1.13 bits per heavy atom. The van der Waals surface area contributed by atoms with E-state index in [-0.39, 0.29) is 0 Å². The molecule has 2 fully saturated rings. The lowest BCUT2D eigenvalue weighted by Crippen LogP contribution is -2.44. The molecule has 1 atom stereocenters. The Morgan fingerprint density at radius 3 is 2.73 bits per heavy atom. The molecule has 4 heteroatoms. The van der Waals surface area contributed by atoms with Gasteiger partial charge >= 0.3 is 0 Å². The van der Waals surface area contributed by atoms with Gasteiger partial charge in [0.1, 0.15) is 0 Å². The van der Waals surface area contributed by atoms with Crippen molar-refractivity contribution >= 4 is 0 Å². The number of hydrogen-bond donors (Lipinski definition) is 1. The topological polar surface area (TPSA) is 33.7 Å². The molecule has 0 saturated carbocycles. The maximum atomic E-state index is 5.43. The van der Waals surface area contributed by atoms with Gasteiger partial charge in [-0.05, 0) is 12.8 Å². The number of nitrogens with one attached hydrogen (secondary N) is 1. The average Bonchev–Trinajstić information content (AvgIpc) is 2.32. The van der Waals surface area contributed by atoms with Crippen molar-refractivity contribution in [3.8, 4) is 0 Å².